The lowest BCUT2D eigenvalue weighted by atomic mass is 10.5. The summed E-state index contributed by atoms with van der Waals surface area (Å²) >= 11 is 3.17. The molecule has 0 amide bonds. The maximum atomic E-state index is 5.10. The van der Waals surface area contributed by atoms with Crippen LogP contribution in [-0.2, 0) is 11.3 Å². The SMILES string of the molecule is CCNc1cc(Sc2nc(C)cs2)nc(COC)n1. The van der Waals surface area contributed by atoms with Gasteiger partial charge in [0.25, 0.3) is 0 Å². The molecule has 2 heterocycles. The molecule has 0 aliphatic rings. The monoisotopic (exact) mass is 296 g/mol. The number of aromatic nitrogens is 3. The highest BCUT2D eigenvalue weighted by Gasteiger charge is 2.08. The molecule has 19 heavy (non-hydrogen) atoms. The van der Waals surface area contributed by atoms with Gasteiger partial charge in [0.05, 0.1) is 0 Å². The molecule has 0 saturated carbocycles. The van der Waals surface area contributed by atoms with Crippen LogP contribution in [0.1, 0.15) is 18.4 Å². The molecule has 0 saturated heterocycles. The molecule has 0 aliphatic carbocycles. The fourth-order valence-corrected chi connectivity index (χ4v) is 3.26. The molecule has 0 aliphatic heterocycles. The predicted octanol–water partition coefficient (Wildman–Crippen LogP) is 2.97. The van der Waals surface area contributed by atoms with Crippen molar-refractivity contribution in [1.82, 2.24) is 15.0 Å². The molecule has 0 radical (unpaired) electrons. The van der Waals surface area contributed by atoms with Crippen molar-refractivity contribution in [3.05, 3.63) is 23.0 Å². The van der Waals surface area contributed by atoms with Gasteiger partial charge in [0.1, 0.15) is 17.5 Å². The lowest BCUT2D eigenvalue weighted by Gasteiger charge is -2.07. The van der Waals surface area contributed by atoms with Crippen LogP contribution in [-0.4, -0.2) is 28.6 Å². The van der Waals surface area contributed by atoms with Crippen molar-refractivity contribution in [2.45, 2.75) is 29.8 Å². The van der Waals surface area contributed by atoms with Crippen LogP contribution in [0.15, 0.2) is 20.8 Å². The van der Waals surface area contributed by atoms with E-state index in [0.717, 1.165) is 27.4 Å². The van der Waals surface area contributed by atoms with Crippen LogP contribution in [0.5, 0.6) is 0 Å². The zero-order valence-corrected chi connectivity index (χ0v) is 12.8. The van der Waals surface area contributed by atoms with Crippen LogP contribution in [0, 0.1) is 6.92 Å². The van der Waals surface area contributed by atoms with E-state index in [1.165, 1.54) is 0 Å². The third kappa shape index (κ3) is 4.15. The fourth-order valence-electron chi connectivity index (χ4n) is 1.46. The van der Waals surface area contributed by atoms with Gasteiger partial charge in [-0.3, -0.25) is 0 Å². The minimum absolute atomic E-state index is 0.406. The molecule has 0 atom stereocenters. The van der Waals surface area contributed by atoms with Crippen LogP contribution in [0.4, 0.5) is 5.82 Å². The lowest BCUT2D eigenvalue weighted by Crippen LogP contribution is -2.05. The van der Waals surface area contributed by atoms with Gasteiger partial charge in [0.2, 0.25) is 0 Å². The van der Waals surface area contributed by atoms with Gasteiger partial charge in [-0.1, -0.05) is 0 Å². The summed E-state index contributed by atoms with van der Waals surface area (Å²) < 4.78 is 6.08. The van der Waals surface area contributed by atoms with Crippen molar-refractivity contribution in [1.29, 1.82) is 0 Å². The van der Waals surface area contributed by atoms with Crippen molar-refractivity contribution in [3.63, 3.8) is 0 Å². The molecule has 0 aromatic carbocycles. The quantitative estimate of drug-likeness (QED) is 0.827. The number of hydrogen-bond donors (Lipinski definition) is 1. The summed E-state index contributed by atoms with van der Waals surface area (Å²) in [6.07, 6.45) is 0. The van der Waals surface area contributed by atoms with E-state index in [0.29, 0.717) is 12.4 Å². The van der Waals surface area contributed by atoms with Gasteiger partial charge in [0, 0.05) is 30.8 Å². The molecule has 0 fully saturated rings. The standard InChI is InChI=1S/C12H16N4OS2/c1-4-13-9-5-11(16-10(15-9)6-17-3)19-12-14-8(2)7-18-12/h5,7H,4,6H2,1-3H3,(H,13,15,16). The van der Waals surface area contributed by atoms with Crippen LogP contribution in [0.2, 0.25) is 0 Å². The Balaban J connectivity index is 2.22. The largest absolute Gasteiger partial charge is 0.377 e. The smallest absolute Gasteiger partial charge is 0.157 e. The second kappa shape index (κ2) is 6.83. The number of methoxy groups -OCH3 is 1. The Hall–Kier alpha value is -1.18. The third-order valence-corrected chi connectivity index (χ3v) is 4.14. The summed E-state index contributed by atoms with van der Waals surface area (Å²) in [6, 6.07) is 1.93. The second-order valence-electron chi connectivity index (χ2n) is 3.83. The molecule has 102 valence electrons. The first-order chi connectivity index (χ1) is 9.21. The number of hydrogen-bond acceptors (Lipinski definition) is 7. The van der Waals surface area contributed by atoms with Gasteiger partial charge >= 0.3 is 0 Å². The summed E-state index contributed by atoms with van der Waals surface area (Å²) in [5.41, 5.74) is 1.03. The lowest BCUT2D eigenvalue weighted by molar-refractivity contribution is 0.177. The van der Waals surface area contributed by atoms with E-state index >= 15 is 0 Å². The molecular formula is C12H16N4OS2. The van der Waals surface area contributed by atoms with E-state index in [1.54, 1.807) is 30.2 Å². The summed E-state index contributed by atoms with van der Waals surface area (Å²) in [7, 11) is 1.64. The Labute approximate surface area is 120 Å². The number of ether oxygens (including phenoxy) is 1. The Morgan fingerprint density at radius 3 is 2.84 bits per heavy atom. The molecular weight excluding hydrogens is 280 g/mol. The minimum atomic E-state index is 0.406. The summed E-state index contributed by atoms with van der Waals surface area (Å²) in [5, 5.41) is 6.12. The molecule has 7 heteroatoms. The van der Waals surface area contributed by atoms with Gasteiger partial charge in [0.15, 0.2) is 10.2 Å². The van der Waals surface area contributed by atoms with E-state index in [2.05, 4.69) is 20.3 Å². The van der Waals surface area contributed by atoms with Crippen molar-refractivity contribution in [2.75, 3.05) is 19.0 Å². The first-order valence-electron chi connectivity index (χ1n) is 5.92. The normalized spacial score (nSPS) is 10.7. The van der Waals surface area contributed by atoms with Crippen LogP contribution >= 0.6 is 23.1 Å². The highest BCUT2D eigenvalue weighted by Crippen LogP contribution is 2.30. The Kier molecular flexibility index (Phi) is 5.12. The Bertz CT molecular complexity index is 520. The van der Waals surface area contributed by atoms with Gasteiger partial charge in [-0.05, 0) is 25.6 Å². The topological polar surface area (TPSA) is 59.9 Å². The molecule has 5 nitrogen and oxygen atoms in total. The van der Waals surface area contributed by atoms with Gasteiger partial charge < -0.3 is 10.1 Å². The highest BCUT2D eigenvalue weighted by molar-refractivity contribution is 8.01. The van der Waals surface area contributed by atoms with Gasteiger partial charge in [-0.25, -0.2) is 15.0 Å². The first kappa shape index (κ1) is 14.2. The zero-order valence-electron chi connectivity index (χ0n) is 11.1. The maximum absolute atomic E-state index is 5.10. The molecule has 2 aromatic heterocycles. The third-order valence-electron chi connectivity index (χ3n) is 2.17. The van der Waals surface area contributed by atoms with Gasteiger partial charge in [-0.2, -0.15) is 0 Å². The zero-order chi connectivity index (χ0) is 13.7. The van der Waals surface area contributed by atoms with E-state index in [-0.39, 0.29) is 0 Å². The van der Waals surface area contributed by atoms with Crippen molar-refractivity contribution < 1.29 is 4.74 Å². The molecule has 2 aromatic rings. The molecule has 0 bridgehead atoms. The van der Waals surface area contributed by atoms with Crippen molar-refractivity contribution in [3.8, 4) is 0 Å². The average Bonchev–Trinajstić information content (AvgIpc) is 2.75. The van der Waals surface area contributed by atoms with Crippen LogP contribution in [0.3, 0.4) is 0 Å². The molecule has 0 unspecified atom stereocenters. The Morgan fingerprint density at radius 1 is 1.37 bits per heavy atom. The second-order valence-corrected chi connectivity index (χ2v) is 5.95. The molecule has 2 rings (SSSR count). The van der Waals surface area contributed by atoms with E-state index < -0.39 is 0 Å². The number of nitrogens with zero attached hydrogens (tertiary/aromatic N) is 3. The fraction of sp³-hybridized carbons (Fsp3) is 0.417. The maximum Gasteiger partial charge on any atom is 0.157 e. The van der Waals surface area contributed by atoms with Gasteiger partial charge in [-0.15, -0.1) is 11.3 Å². The molecule has 1 N–H and O–H groups in total. The number of nitrogens with one attached hydrogen (secondary N) is 1. The van der Waals surface area contributed by atoms with Crippen LogP contribution in [0.25, 0.3) is 0 Å². The first-order valence-corrected chi connectivity index (χ1v) is 7.61. The average molecular weight is 296 g/mol. The summed E-state index contributed by atoms with van der Waals surface area (Å²) in [6.45, 7) is 5.25. The summed E-state index contributed by atoms with van der Waals surface area (Å²) in [4.78, 5) is 13.3. The number of anilines is 1. The Morgan fingerprint density at radius 2 is 2.21 bits per heavy atom. The van der Waals surface area contributed by atoms with E-state index in [4.69, 9.17) is 4.74 Å². The minimum Gasteiger partial charge on any atom is -0.377 e. The number of rotatable bonds is 6. The molecule has 0 spiro atoms. The number of aryl methyl sites for hydroxylation is 1. The highest BCUT2D eigenvalue weighted by atomic mass is 32.2. The van der Waals surface area contributed by atoms with Crippen molar-refractivity contribution >= 4 is 28.9 Å². The van der Waals surface area contributed by atoms with Crippen molar-refractivity contribution in [2.24, 2.45) is 0 Å². The van der Waals surface area contributed by atoms with Crippen LogP contribution < -0.4 is 5.32 Å². The van der Waals surface area contributed by atoms with E-state index in [9.17, 15) is 0 Å². The predicted molar refractivity (Wildman–Crippen MR) is 77.9 cm³/mol. The summed E-state index contributed by atoms with van der Waals surface area (Å²) in [5.74, 6) is 1.50. The number of thiazole rings is 1. The van der Waals surface area contributed by atoms with E-state index in [1.807, 2.05) is 25.3 Å².